The van der Waals surface area contributed by atoms with Crippen LogP contribution in [0.4, 0.5) is 0 Å². The summed E-state index contributed by atoms with van der Waals surface area (Å²) in [5.41, 5.74) is 7.28. The zero-order chi connectivity index (χ0) is 13.0. The molecular weight excluding hydrogens is 226 g/mol. The zero-order valence-corrected chi connectivity index (χ0v) is 11.1. The highest BCUT2D eigenvalue weighted by Gasteiger charge is 2.29. The fraction of sp³-hybridized carbons (Fsp3) is 0.643. The Morgan fingerprint density at radius 2 is 2.39 bits per heavy atom. The Morgan fingerprint density at radius 1 is 1.61 bits per heavy atom. The molecule has 4 nitrogen and oxygen atoms in total. The molecule has 0 aromatic carbocycles. The molecule has 3 N–H and O–H groups in total. The van der Waals surface area contributed by atoms with Crippen molar-refractivity contribution in [2.75, 3.05) is 6.54 Å². The molecule has 1 saturated carbocycles. The highest BCUT2D eigenvalue weighted by molar-refractivity contribution is 5.75. The van der Waals surface area contributed by atoms with Gasteiger partial charge < -0.3 is 15.6 Å². The molecule has 1 fully saturated rings. The quantitative estimate of drug-likeness (QED) is 0.724. The molecule has 1 aromatic rings. The second kappa shape index (κ2) is 6.05. The van der Waals surface area contributed by atoms with Crippen LogP contribution in [0, 0.1) is 5.92 Å². The number of nitrogens with two attached hydrogens (primary N) is 1. The Morgan fingerprint density at radius 3 is 3.06 bits per heavy atom. The minimum atomic E-state index is 0.0746. The standard InChI is InChI=1S/C14H23N3O/c1-2-3-7-16-13(18)10-17-8-6-12(9-17)14(15)11-4-5-11/h6,8-9,11,14H,2-5,7,10,15H2,1H3,(H,16,18). The van der Waals surface area contributed by atoms with Gasteiger partial charge in [-0.2, -0.15) is 0 Å². The van der Waals surface area contributed by atoms with E-state index in [1.54, 1.807) is 0 Å². The van der Waals surface area contributed by atoms with Crippen molar-refractivity contribution >= 4 is 5.91 Å². The first-order valence-corrected chi connectivity index (χ1v) is 6.88. The lowest BCUT2D eigenvalue weighted by molar-refractivity contribution is -0.121. The van der Waals surface area contributed by atoms with E-state index in [-0.39, 0.29) is 11.9 Å². The number of carbonyl (C=O) groups excluding carboxylic acids is 1. The summed E-state index contributed by atoms with van der Waals surface area (Å²) in [6.45, 7) is 3.27. The number of nitrogens with one attached hydrogen (secondary N) is 1. The molecule has 1 aliphatic carbocycles. The molecule has 0 radical (unpaired) electrons. The first-order valence-electron chi connectivity index (χ1n) is 6.88. The maximum atomic E-state index is 11.6. The van der Waals surface area contributed by atoms with Crippen molar-refractivity contribution in [2.45, 2.75) is 45.2 Å². The third-order valence-corrected chi connectivity index (χ3v) is 3.47. The molecule has 0 aliphatic heterocycles. The summed E-state index contributed by atoms with van der Waals surface area (Å²) in [4.78, 5) is 11.6. The zero-order valence-electron chi connectivity index (χ0n) is 11.1. The first-order chi connectivity index (χ1) is 8.70. The number of nitrogens with zero attached hydrogens (tertiary/aromatic N) is 1. The van der Waals surface area contributed by atoms with Crippen LogP contribution >= 0.6 is 0 Å². The predicted octanol–water partition coefficient (Wildman–Crippen LogP) is 1.81. The summed E-state index contributed by atoms with van der Waals surface area (Å²) in [5.74, 6) is 0.727. The van der Waals surface area contributed by atoms with Gasteiger partial charge in [0.15, 0.2) is 0 Å². The number of hydrogen-bond donors (Lipinski definition) is 2. The average Bonchev–Trinajstić information content (AvgIpc) is 3.10. The van der Waals surface area contributed by atoms with E-state index in [1.807, 2.05) is 23.0 Å². The van der Waals surface area contributed by atoms with Crippen LogP contribution in [-0.2, 0) is 11.3 Å². The molecule has 1 atom stereocenters. The predicted molar refractivity (Wildman–Crippen MR) is 72.0 cm³/mol. The van der Waals surface area contributed by atoms with E-state index in [0.717, 1.165) is 24.9 Å². The smallest absolute Gasteiger partial charge is 0.239 e. The van der Waals surface area contributed by atoms with Crippen molar-refractivity contribution < 1.29 is 4.79 Å². The van der Waals surface area contributed by atoms with Gasteiger partial charge in [0, 0.05) is 25.0 Å². The second-order valence-corrected chi connectivity index (χ2v) is 5.18. The van der Waals surface area contributed by atoms with Crippen molar-refractivity contribution in [3.05, 3.63) is 24.0 Å². The summed E-state index contributed by atoms with van der Waals surface area (Å²) in [6, 6.07) is 2.18. The molecule has 0 bridgehead atoms. The number of hydrogen-bond acceptors (Lipinski definition) is 2. The summed E-state index contributed by atoms with van der Waals surface area (Å²) in [7, 11) is 0. The van der Waals surface area contributed by atoms with Gasteiger partial charge in [-0.1, -0.05) is 13.3 Å². The highest BCUT2D eigenvalue weighted by atomic mass is 16.1. The SMILES string of the molecule is CCCCNC(=O)Cn1ccc(C(N)C2CC2)c1. The summed E-state index contributed by atoms with van der Waals surface area (Å²) in [5, 5.41) is 2.91. The minimum absolute atomic E-state index is 0.0746. The Balaban J connectivity index is 1.80. The lowest BCUT2D eigenvalue weighted by Gasteiger charge is -2.08. The molecular formula is C14H23N3O. The van der Waals surface area contributed by atoms with Crippen LogP contribution in [0.5, 0.6) is 0 Å². The number of carbonyl (C=O) groups is 1. The normalized spacial score (nSPS) is 16.6. The molecule has 1 aliphatic rings. The fourth-order valence-electron chi connectivity index (χ4n) is 2.11. The largest absolute Gasteiger partial charge is 0.355 e. The number of amides is 1. The van der Waals surface area contributed by atoms with Crippen molar-refractivity contribution in [3.8, 4) is 0 Å². The Kier molecular flexibility index (Phi) is 4.42. The molecule has 4 heteroatoms. The van der Waals surface area contributed by atoms with Crippen LogP contribution in [0.2, 0.25) is 0 Å². The molecule has 1 amide bonds. The van der Waals surface area contributed by atoms with Crippen molar-refractivity contribution in [1.29, 1.82) is 0 Å². The first kappa shape index (κ1) is 13.1. The van der Waals surface area contributed by atoms with E-state index in [1.165, 1.54) is 12.8 Å². The van der Waals surface area contributed by atoms with Crippen LogP contribution < -0.4 is 11.1 Å². The Labute approximate surface area is 109 Å². The summed E-state index contributed by atoms with van der Waals surface area (Å²) in [6.07, 6.45) is 8.56. The van der Waals surface area contributed by atoms with E-state index in [9.17, 15) is 4.79 Å². The lowest BCUT2D eigenvalue weighted by atomic mass is 10.1. The van der Waals surface area contributed by atoms with Gasteiger partial charge in [-0.05, 0) is 36.8 Å². The van der Waals surface area contributed by atoms with E-state index in [2.05, 4.69) is 12.2 Å². The number of aromatic nitrogens is 1. The van der Waals surface area contributed by atoms with Crippen LogP contribution in [0.3, 0.4) is 0 Å². The number of unbranched alkanes of at least 4 members (excludes halogenated alkanes) is 1. The molecule has 0 spiro atoms. The van der Waals surface area contributed by atoms with Gasteiger partial charge in [0.25, 0.3) is 0 Å². The molecule has 100 valence electrons. The van der Waals surface area contributed by atoms with Crippen molar-refractivity contribution in [1.82, 2.24) is 9.88 Å². The highest BCUT2D eigenvalue weighted by Crippen LogP contribution is 2.39. The van der Waals surface area contributed by atoms with Crippen molar-refractivity contribution in [3.63, 3.8) is 0 Å². The topological polar surface area (TPSA) is 60.0 Å². The van der Waals surface area contributed by atoms with Gasteiger partial charge in [-0.15, -0.1) is 0 Å². The average molecular weight is 249 g/mol. The van der Waals surface area contributed by atoms with Crippen LogP contribution in [-0.4, -0.2) is 17.0 Å². The van der Waals surface area contributed by atoms with E-state index in [0.29, 0.717) is 12.5 Å². The van der Waals surface area contributed by atoms with Crippen LogP contribution in [0.15, 0.2) is 18.5 Å². The molecule has 1 aromatic heterocycles. The minimum Gasteiger partial charge on any atom is -0.355 e. The van der Waals surface area contributed by atoms with Gasteiger partial charge in [0.2, 0.25) is 5.91 Å². The monoisotopic (exact) mass is 249 g/mol. The summed E-state index contributed by atoms with van der Waals surface area (Å²) >= 11 is 0. The second-order valence-electron chi connectivity index (χ2n) is 5.18. The third kappa shape index (κ3) is 3.60. The van der Waals surface area contributed by atoms with Gasteiger partial charge in [0.1, 0.15) is 6.54 Å². The molecule has 18 heavy (non-hydrogen) atoms. The van der Waals surface area contributed by atoms with Crippen molar-refractivity contribution in [2.24, 2.45) is 11.7 Å². The third-order valence-electron chi connectivity index (χ3n) is 3.47. The number of rotatable bonds is 7. The van der Waals surface area contributed by atoms with E-state index < -0.39 is 0 Å². The lowest BCUT2D eigenvalue weighted by Crippen LogP contribution is -2.27. The van der Waals surface area contributed by atoms with Gasteiger partial charge in [0.05, 0.1) is 0 Å². The van der Waals surface area contributed by atoms with E-state index >= 15 is 0 Å². The van der Waals surface area contributed by atoms with Crippen LogP contribution in [0.1, 0.15) is 44.2 Å². The molecule has 2 rings (SSSR count). The Bertz CT molecular complexity index is 395. The van der Waals surface area contributed by atoms with Gasteiger partial charge in [-0.3, -0.25) is 4.79 Å². The Hall–Kier alpha value is -1.29. The maximum absolute atomic E-state index is 11.6. The molecule has 1 unspecified atom stereocenters. The van der Waals surface area contributed by atoms with Gasteiger partial charge >= 0.3 is 0 Å². The van der Waals surface area contributed by atoms with E-state index in [4.69, 9.17) is 5.73 Å². The fourth-order valence-corrected chi connectivity index (χ4v) is 2.11. The molecule has 0 saturated heterocycles. The summed E-state index contributed by atoms with van der Waals surface area (Å²) < 4.78 is 1.92. The van der Waals surface area contributed by atoms with Crippen LogP contribution in [0.25, 0.3) is 0 Å². The molecule has 1 heterocycles. The van der Waals surface area contributed by atoms with Gasteiger partial charge in [-0.25, -0.2) is 0 Å². The maximum Gasteiger partial charge on any atom is 0.239 e.